The molecule has 0 amide bonds. The summed E-state index contributed by atoms with van der Waals surface area (Å²) in [5.74, 6) is 0. The van der Waals surface area contributed by atoms with Crippen LogP contribution in [0.2, 0.25) is 70.5 Å². The molecule has 0 aliphatic rings. The van der Waals surface area contributed by atoms with Crippen LogP contribution in [0.1, 0.15) is 44.9 Å². The van der Waals surface area contributed by atoms with Gasteiger partial charge in [0.25, 0.3) is 0 Å². The molecule has 16 heteroatoms. The van der Waals surface area contributed by atoms with E-state index in [9.17, 15) is 12.3 Å². The zero-order chi connectivity index (χ0) is 30.7. The van der Waals surface area contributed by atoms with Crippen LogP contribution in [0, 0.1) is 45.3 Å². The van der Waals surface area contributed by atoms with Gasteiger partial charge in [0.2, 0.25) is 8.41 Å². The van der Waals surface area contributed by atoms with Gasteiger partial charge in [0, 0.05) is 40.3 Å². The predicted molar refractivity (Wildman–Crippen MR) is 166 cm³/mol. The van der Waals surface area contributed by atoms with Gasteiger partial charge in [0.15, 0.2) is 18.1 Å². The molecule has 0 aromatic carbocycles. The summed E-state index contributed by atoms with van der Waals surface area (Å²) in [7, 11) is -10.6. The van der Waals surface area contributed by atoms with Crippen molar-refractivity contribution in [2.75, 3.05) is 0 Å². The Hall–Kier alpha value is -0.887. The van der Waals surface area contributed by atoms with Crippen molar-refractivity contribution in [3.8, 4) is 24.3 Å². The van der Waals surface area contributed by atoms with Gasteiger partial charge in [-0.2, -0.15) is 21.0 Å². The number of rotatable bonds is 14. The average Bonchev–Trinajstić information content (AvgIpc) is 2.73. The van der Waals surface area contributed by atoms with Crippen LogP contribution in [0.5, 0.6) is 0 Å². The normalized spacial score (nSPS) is 12.5. The van der Waals surface area contributed by atoms with Crippen LogP contribution in [-0.4, -0.2) is 43.8 Å². The molecule has 2 atom stereocenters. The summed E-state index contributed by atoms with van der Waals surface area (Å²) in [6.07, 6.45) is 4.63. The summed E-state index contributed by atoms with van der Waals surface area (Å²) < 4.78 is 51.2. The quantitative estimate of drug-likeness (QED) is 0.0572. The van der Waals surface area contributed by atoms with E-state index in [0.717, 1.165) is 6.42 Å². The summed E-state index contributed by atoms with van der Waals surface area (Å²) in [5.41, 5.74) is 0. The van der Waals surface area contributed by atoms with Gasteiger partial charge in [-0.3, -0.25) is 12.9 Å². The number of unbranched alkanes of at least 4 members (excludes halogenated alkanes) is 3. The van der Waals surface area contributed by atoms with Crippen LogP contribution >= 0.6 is 0 Å². The molecule has 40 heavy (non-hydrogen) atoms. The Morgan fingerprint density at radius 2 is 1.02 bits per heavy atom. The second-order valence-corrected chi connectivity index (χ2v) is 25.4. The van der Waals surface area contributed by atoms with Gasteiger partial charge in [-0.1, -0.05) is 6.08 Å². The average molecular weight is 838 g/mol. The maximum absolute atomic E-state index is 14.0. The van der Waals surface area contributed by atoms with Crippen LogP contribution in [-0.2, 0) is 29.3 Å². The van der Waals surface area contributed by atoms with Crippen molar-refractivity contribution in [1.29, 1.82) is 21.0 Å². The minimum atomic E-state index is -3.48. The Labute approximate surface area is 262 Å². The van der Waals surface area contributed by atoms with Crippen molar-refractivity contribution in [1.82, 2.24) is 0 Å². The molecule has 0 aliphatic carbocycles. The Bertz CT molecular complexity index is 729. The van der Waals surface area contributed by atoms with Gasteiger partial charge in [0.05, 0.1) is 30.7 Å². The maximum Gasteiger partial charge on any atom is 0.372 e. The molecule has 0 aromatic heterocycles. The first-order valence-corrected chi connectivity index (χ1v) is 26.6. The zero-order valence-corrected chi connectivity index (χ0v) is 33.1. The first-order chi connectivity index (χ1) is 17.4. The molecule has 236 valence electrons. The molecule has 2 unspecified atom stereocenters. The Morgan fingerprint density at radius 3 is 1.20 bits per heavy atom. The Morgan fingerprint density at radius 1 is 0.700 bits per heavy atom. The van der Waals surface area contributed by atoms with E-state index in [1.807, 2.05) is 24.3 Å². The van der Waals surface area contributed by atoms with Crippen LogP contribution in [0.3, 0.4) is 0 Å². The Balaban J connectivity index is -0.000000106. The standard InChI is InChI=1S/C10H18F2N2OSi2.C6H12FNSi.C4H5N.C4H14OSi2.FH.Pt/c1-16(11,9-5-3-7-13)15-17(2,12)10-6-4-8-14;1-9(2,7)6-4-3-5-8;1-2-3-4-5;1-6(2)5-7(3)4;;/h3-6,9-10H2,1-2H3;3-4,6H2,1-2H3;2H,1,3H2;6-7H,1-4H3;1H;. The van der Waals surface area contributed by atoms with Crippen LogP contribution in [0.4, 0.5) is 17.0 Å². The van der Waals surface area contributed by atoms with E-state index in [4.69, 9.17) is 29.3 Å². The van der Waals surface area contributed by atoms with E-state index < -0.39 is 43.8 Å². The molecule has 0 N–H and O–H groups in total. The number of hydrogen-bond acceptors (Lipinski definition) is 6. The van der Waals surface area contributed by atoms with E-state index >= 15 is 0 Å². The number of nitriles is 4. The van der Waals surface area contributed by atoms with Crippen molar-refractivity contribution >= 4 is 43.8 Å². The molecule has 0 saturated heterocycles. The van der Waals surface area contributed by atoms with Crippen LogP contribution in [0.15, 0.2) is 12.7 Å². The molecule has 0 bridgehead atoms. The van der Waals surface area contributed by atoms with Gasteiger partial charge in [-0.25, -0.2) is 0 Å². The largest absolute Gasteiger partial charge is 0.461 e. The molecule has 0 aromatic rings. The zero-order valence-electron chi connectivity index (χ0n) is 25.5. The first-order valence-electron chi connectivity index (χ1n) is 12.9. The van der Waals surface area contributed by atoms with E-state index in [2.05, 4.69) is 32.8 Å². The fourth-order valence-electron chi connectivity index (χ4n) is 2.71. The third-order valence-electron chi connectivity index (χ3n) is 4.09. The smallest absolute Gasteiger partial charge is 0.372 e. The number of hydrogen-bond donors (Lipinski definition) is 0. The van der Waals surface area contributed by atoms with Crippen molar-refractivity contribution in [3.05, 3.63) is 12.7 Å². The molecule has 0 fully saturated rings. The van der Waals surface area contributed by atoms with Crippen LogP contribution in [0.25, 0.3) is 0 Å². The molecule has 0 aliphatic heterocycles. The maximum atomic E-state index is 14.0. The molecular weight excluding hydrogens is 788 g/mol. The molecule has 0 spiro atoms. The third kappa shape index (κ3) is 57.1. The summed E-state index contributed by atoms with van der Waals surface area (Å²) in [6, 6.07) is 8.69. The van der Waals surface area contributed by atoms with Gasteiger partial charge in [-0.15, -0.1) is 6.58 Å². The minimum Gasteiger partial charge on any atom is -0.461 e. The van der Waals surface area contributed by atoms with E-state index in [-0.39, 0.29) is 50.7 Å². The summed E-state index contributed by atoms with van der Waals surface area (Å²) in [5, 5.41) is 32.5. The van der Waals surface area contributed by atoms with Gasteiger partial charge in [0.1, 0.15) is 0 Å². The molecule has 0 radical (unpaired) electrons. The fraction of sp³-hybridized carbons (Fsp3) is 0.750. The first kappa shape index (κ1) is 51.8. The second-order valence-electron chi connectivity index (χ2n) is 9.94. The van der Waals surface area contributed by atoms with Crippen molar-refractivity contribution in [2.24, 2.45) is 0 Å². The van der Waals surface area contributed by atoms with Crippen molar-refractivity contribution in [2.45, 2.75) is 115 Å². The molecule has 6 nitrogen and oxygen atoms in total. The minimum absolute atomic E-state index is 0. The van der Waals surface area contributed by atoms with E-state index in [0.29, 0.717) is 31.7 Å². The monoisotopic (exact) mass is 837 g/mol. The van der Waals surface area contributed by atoms with E-state index in [1.54, 1.807) is 19.2 Å². The number of nitrogens with zero attached hydrogens (tertiary/aromatic N) is 4. The van der Waals surface area contributed by atoms with Gasteiger partial charge < -0.3 is 12.3 Å². The number of halogens is 4. The fourth-order valence-corrected chi connectivity index (χ4v) is 14.1. The van der Waals surface area contributed by atoms with E-state index in [1.165, 1.54) is 13.1 Å². The molecule has 0 heterocycles. The van der Waals surface area contributed by atoms with Crippen molar-refractivity contribution < 1.29 is 46.3 Å². The van der Waals surface area contributed by atoms with Gasteiger partial charge >= 0.3 is 17.3 Å². The topological polar surface area (TPSA) is 114 Å². The third-order valence-corrected chi connectivity index (χ3v) is 15.9. The molecule has 0 saturated carbocycles. The molecule has 0 rings (SSSR count). The SMILES string of the molecule is C=CCC#N.C[SiH](C)O[SiH](C)C.C[Si](C)(F)CCCC#N.C[Si](F)(CCCC#N)O[Si](C)(F)CCCC#N.F.[Pt]. The second kappa shape index (κ2) is 32.6. The predicted octanol–water partition coefficient (Wildman–Crippen LogP) is 8.36. The van der Waals surface area contributed by atoms with Crippen LogP contribution < -0.4 is 0 Å². The van der Waals surface area contributed by atoms with Gasteiger partial charge in [-0.05, 0) is 89.8 Å². The summed E-state index contributed by atoms with van der Waals surface area (Å²) in [6.45, 7) is 18.2. The Kier molecular flexibility index (Phi) is 42.3. The summed E-state index contributed by atoms with van der Waals surface area (Å²) in [4.78, 5) is 0. The number of allylic oxidation sites excluding steroid dienone is 1. The summed E-state index contributed by atoms with van der Waals surface area (Å²) >= 11 is 0. The molecular formula is C24H50F4N4O2PtSi5. The van der Waals surface area contributed by atoms with Crippen molar-refractivity contribution in [3.63, 3.8) is 0 Å².